The fourth-order valence-corrected chi connectivity index (χ4v) is 3.19. The summed E-state index contributed by atoms with van der Waals surface area (Å²) in [6.07, 6.45) is 1.08. The third kappa shape index (κ3) is 4.31. The van der Waals surface area contributed by atoms with Gasteiger partial charge >= 0.3 is 11.9 Å². The largest absolute Gasteiger partial charge is 0.463 e. The Bertz CT molecular complexity index is 829. The molecule has 1 aliphatic rings. The van der Waals surface area contributed by atoms with E-state index in [9.17, 15) is 9.59 Å². The van der Waals surface area contributed by atoms with E-state index >= 15 is 0 Å². The zero-order chi connectivity index (χ0) is 20.0. The number of hydrogen-bond acceptors (Lipinski definition) is 7. The molecule has 2 rings (SSSR count). The van der Waals surface area contributed by atoms with Crippen LogP contribution in [0.25, 0.3) is 0 Å². The zero-order valence-corrected chi connectivity index (χ0v) is 16.0. The van der Waals surface area contributed by atoms with Crippen molar-refractivity contribution < 1.29 is 24.3 Å². The number of benzene rings is 1. The number of hydrogen-bond donors (Lipinski definition) is 2. The topological polar surface area (TPSA) is 97.2 Å². The first-order chi connectivity index (χ1) is 13.0. The maximum Gasteiger partial charge on any atom is 0.337 e. The molecule has 1 unspecified atom stereocenters. The molecule has 0 spiro atoms. The van der Waals surface area contributed by atoms with E-state index < -0.39 is 17.9 Å². The van der Waals surface area contributed by atoms with Crippen molar-refractivity contribution in [3.05, 3.63) is 57.4 Å². The lowest BCUT2D eigenvalue weighted by atomic mass is 9.80. The second kappa shape index (κ2) is 9.23. The first-order valence-corrected chi connectivity index (χ1v) is 8.82. The molecule has 0 aromatic heterocycles. The average Bonchev–Trinajstić information content (AvgIpc) is 2.62. The van der Waals surface area contributed by atoms with Crippen molar-refractivity contribution in [2.45, 2.75) is 26.7 Å². The van der Waals surface area contributed by atoms with Gasteiger partial charge in [0, 0.05) is 10.7 Å². The number of carbonyl (C=O) groups excluding carboxylic acids is 2. The minimum Gasteiger partial charge on any atom is -0.463 e. The molecule has 1 aromatic carbocycles. The normalized spacial score (nSPS) is 17.1. The highest BCUT2D eigenvalue weighted by Gasteiger charge is 2.39. The Labute approximate surface area is 162 Å². The third-order valence-electron chi connectivity index (χ3n) is 3.99. The molecule has 0 aliphatic carbocycles. The van der Waals surface area contributed by atoms with Gasteiger partial charge in [0.25, 0.3) is 0 Å². The predicted molar refractivity (Wildman–Crippen MR) is 101 cm³/mol. The number of dihydropyridines is 1. The highest BCUT2D eigenvalue weighted by molar-refractivity contribution is 6.31. The van der Waals surface area contributed by atoms with Gasteiger partial charge in [-0.15, -0.1) is 0 Å². The highest BCUT2D eigenvalue weighted by Crippen LogP contribution is 2.41. The summed E-state index contributed by atoms with van der Waals surface area (Å²) >= 11 is 6.37. The molecule has 1 atom stereocenters. The molecule has 0 amide bonds. The Balaban J connectivity index is 2.76. The molecular weight excluding hydrogens is 372 g/mol. The van der Waals surface area contributed by atoms with Crippen LogP contribution in [0.4, 0.5) is 0 Å². The van der Waals surface area contributed by atoms with Crippen molar-refractivity contribution in [1.29, 1.82) is 0 Å². The van der Waals surface area contributed by atoms with Crippen LogP contribution in [0.3, 0.4) is 0 Å². The van der Waals surface area contributed by atoms with Gasteiger partial charge in [-0.05, 0) is 32.4 Å². The quantitative estimate of drug-likeness (QED) is 0.334. The van der Waals surface area contributed by atoms with Crippen LogP contribution in [0.1, 0.15) is 32.3 Å². The smallest absolute Gasteiger partial charge is 0.337 e. The fraction of sp³-hybridized carbons (Fsp3) is 0.316. The van der Waals surface area contributed by atoms with Gasteiger partial charge < -0.3 is 20.0 Å². The van der Waals surface area contributed by atoms with E-state index in [1.165, 1.54) is 0 Å². The van der Waals surface area contributed by atoms with Crippen LogP contribution >= 0.6 is 11.6 Å². The lowest BCUT2D eigenvalue weighted by Crippen LogP contribution is -2.34. The van der Waals surface area contributed by atoms with E-state index in [1.54, 1.807) is 45.0 Å². The van der Waals surface area contributed by atoms with E-state index in [2.05, 4.69) is 10.5 Å². The van der Waals surface area contributed by atoms with E-state index in [0.29, 0.717) is 16.3 Å². The van der Waals surface area contributed by atoms with Crippen LogP contribution in [-0.2, 0) is 19.1 Å². The fourth-order valence-electron chi connectivity index (χ4n) is 2.95. The van der Waals surface area contributed by atoms with Crippen LogP contribution < -0.4 is 5.32 Å². The highest BCUT2D eigenvalue weighted by atomic mass is 35.5. The number of carbonyl (C=O) groups is 2. The molecule has 27 heavy (non-hydrogen) atoms. The lowest BCUT2D eigenvalue weighted by Gasteiger charge is -2.30. The third-order valence-corrected chi connectivity index (χ3v) is 4.33. The molecule has 2 N–H and O–H groups in total. The SMILES string of the molecule is CCOC(=O)C1=C(C)NC(C=NO)=C(C(=O)OCC)C1c1ccccc1Cl. The molecule has 8 heteroatoms. The number of rotatable bonds is 6. The van der Waals surface area contributed by atoms with E-state index in [1.807, 2.05) is 0 Å². The molecule has 1 aromatic rings. The summed E-state index contributed by atoms with van der Waals surface area (Å²) in [4.78, 5) is 25.4. The molecule has 7 nitrogen and oxygen atoms in total. The molecule has 1 heterocycles. The maximum absolute atomic E-state index is 12.7. The van der Waals surface area contributed by atoms with E-state index in [-0.39, 0.29) is 30.1 Å². The second-order valence-corrected chi connectivity index (χ2v) is 6.04. The van der Waals surface area contributed by atoms with Gasteiger partial charge in [0.1, 0.15) is 0 Å². The lowest BCUT2D eigenvalue weighted by molar-refractivity contribution is -0.139. The summed E-state index contributed by atoms with van der Waals surface area (Å²) in [6, 6.07) is 6.89. The number of ether oxygens (including phenoxy) is 2. The van der Waals surface area contributed by atoms with Gasteiger partial charge in [0.15, 0.2) is 0 Å². The van der Waals surface area contributed by atoms with Crippen LogP contribution in [0.15, 0.2) is 52.0 Å². The summed E-state index contributed by atoms with van der Waals surface area (Å²) in [5.74, 6) is -2.07. The number of oxime groups is 1. The second-order valence-electron chi connectivity index (χ2n) is 5.63. The number of nitrogens with one attached hydrogen (secondary N) is 1. The summed E-state index contributed by atoms with van der Waals surface area (Å²) in [7, 11) is 0. The average molecular weight is 393 g/mol. The van der Waals surface area contributed by atoms with Gasteiger partial charge in [0.2, 0.25) is 0 Å². The molecule has 0 saturated heterocycles. The molecule has 1 aliphatic heterocycles. The first-order valence-electron chi connectivity index (χ1n) is 8.44. The van der Waals surface area contributed by atoms with Gasteiger partial charge in [-0.2, -0.15) is 0 Å². The summed E-state index contributed by atoms with van der Waals surface area (Å²) in [5.41, 5.74) is 1.56. The molecular formula is C19H21ClN2O5. The minimum absolute atomic E-state index is 0.108. The Morgan fingerprint density at radius 1 is 1.19 bits per heavy atom. The molecule has 0 saturated carbocycles. The van der Waals surface area contributed by atoms with Crippen molar-refractivity contribution in [1.82, 2.24) is 5.32 Å². The van der Waals surface area contributed by atoms with Crippen molar-refractivity contribution in [2.75, 3.05) is 13.2 Å². The molecule has 0 fully saturated rings. The van der Waals surface area contributed by atoms with E-state index in [4.69, 9.17) is 26.3 Å². The standard InChI is InChI=1S/C19H21ClN2O5/c1-4-26-18(23)15-11(3)22-14(10-21-25)17(19(24)27-5-2)16(15)12-8-6-7-9-13(12)20/h6-10,16,22,25H,4-5H2,1-3H3. The van der Waals surface area contributed by atoms with Gasteiger partial charge in [-0.25, -0.2) is 9.59 Å². The molecule has 144 valence electrons. The summed E-state index contributed by atoms with van der Waals surface area (Å²) in [6.45, 7) is 5.35. The van der Waals surface area contributed by atoms with Crippen LogP contribution in [0, 0.1) is 0 Å². The van der Waals surface area contributed by atoms with Gasteiger partial charge in [-0.1, -0.05) is 35.0 Å². The first kappa shape index (κ1) is 20.5. The maximum atomic E-state index is 12.7. The zero-order valence-electron chi connectivity index (χ0n) is 15.3. The van der Waals surface area contributed by atoms with Crippen molar-refractivity contribution in [3.63, 3.8) is 0 Å². The van der Waals surface area contributed by atoms with Crippen LogP contribution in [0.2, 0.25) is 5.02 Å². The van der Waals surface area contributed by atoms with Crippen LogP contribution in [0.5, 0.6) is 0 Å². The Hall–Kier alpha value is -2.80. The Morgan fingerprint density at radius 3 is 2.33 bits per heavy atom. The van der Waals surface area contributed by atoms with Crippen molar-refractivity contribution in [3.8, 4) is 0 Å². The number of esters is 2. The van der Waals surface area contributed by atoms with E-state index in [0.717, 1.165) is 6.21 Å². The number of nitrogens with zero attached hydrogens (tertiary/aromatic N) is 1. The summed E-state index contributed by atoms with van der Waals surface area (Å²) in [5, 5.41) is 15.3. The van der Waals surface area contributed by atoms with Gasteiger partial charge in [-0.3, -0.25) is 0 Å². The number of allylic oxidation sites excluding steroid dienone is 2. The summed E-state index contributed by atoms with van der Waals surface area (Å²) < 4.78 is 10.4. The van der Waals surface area contributed by atoms with Crippen LogP contribution in [-0.4, -0.2) is 36.6 Å². The number of halogens is 1. The molecule has 0 bridgehead atoms. The predicted octanol–water partition coefficient (Wildman–Crippen LogP) is 3.14. The Kier molecular flexibility index (Phi) is 7.01. The minimum atomic E-state index is -0.842. The Morgan fingerprint density at radius 2 is 1.78 bits per heavy atom. The van der Waals surface area contributed by atoms with Gasteiger partial charge in [0.05, 0.1) is 42.2 Å². The van der Waals surface area contributed by atoms with Crippen molar-refractivity contribution in [2.24, 2.45) is 5.16 Å². The monoisotopic (exact) mass is 392 g/mol. The molecule has 0 radical (unpaired) electrons. The van der Waals surface area contributed by atoms with Crippen molar-refractivity contribution >= 4 is 29.8 Å².